The average Bonchev–Trinajstić information content (AvgIpc) is 3.41. The summed E-state index contributed by atoms with van der Waals surface area (Å²) in [4.78, 5) is 11.7. The van der Waals surface area contributed by atoms with Crippen molar-refractivity contribution < 1.29 is 9.47 Å². The van der Waals surface area contributed by atoms with Crippen molar-refractivity contribution in [2.45, 2.75) is 13.1 Å². The summed E-state index contributed by atoms with van der Waals surface area (Å²) >= 11 is 0. The zero-order chi connectivity index (χ0) is 23.0. The molecule has 4 rings (SSSR count). The lowest BCUT2D eigenvalue weighted by Gasteiger charge is -2.36. The predicted octanol–water partition coefficient (Wildman–Crippen LogP) is 2.97. The molecule has 2 aromatic rings. The van der Waals surface area contributed by atoms with Crippen molar-refractivity contribution >= 4 is 11.6 Å². The van der Waals surface area contributed by atoms with Gasteiger partial charge in [-0.2, -0.15) is 0 Å². The summed E-state index contributed by atoms with van der Waals surface area (Å²) in [6.45, 7) is 7.57. The van der Waals surface area contributed by atoms with Crippen LogP contribution in [0, 0.1) is 0 Å². The molecule has 0 bridgehead atoms. The van der Waals surface area contributed by atoms with Crippen LogP contribution < -0.4 is 19.7 Å². The zero-order valence-corrected chi connectivity index (χ0v) is 20.0. The van der Waals surface area contributed by atoms with Crippen LogP contribution in [0.3, 0.4) is 0 Å². The fourth-order valence-electron chi connectivity index (χ4n) is 4.38. The largest absolute Gasteiger partial charge is 0.493 e. The Morgan fingerprint density at radius 1 is 0.879 bits per heavy atom. The number of nitrogens with one attached hydrogen (secondary N) is 1. The van der Waals surface area contributed by atoms with E-state index in [1.807, 2.05) is 13.1 Å². The minimum atomic E-state index is 0.767. The second kappa shape index (κ2) is 11.1. The van der Waals surface area contributed by atoms with Crippen molar-refractivity contribution in [2.75, 3.05) is 65.4 Å². The Balaban J connectivity index is 1.25. The zero-order valence-electron chi connectivity index (χ0n) is 20.0. The number of hydrogen-bond donors (Lipinski definition) is 1. The van der Waals surface area contributed by atoms with Crippen LogP contribution in [-0.4, -0.2) is 76.3 Å². The number of benzene rings is 2. The summed E-state index contributed by atoms with van der Waals surface area (Å²) < 4.78 is 10.8. The Morgan fingerprint density at radius 3 is 2.18 bits per heavy atom. The monoisotopic (exact) mass is 449 g/mol. The molecule has 2 aliphatic heterocycles. The fourth-order valence-corrected chi connectivity index (χ4v) is 4.38. The quantitative estimate of drug-likeness (QED) is 0.399. The fraction of sp³-hybridized carbons (Fsp3) is 0.423. The number of anilines is 1. The molecular formula is C26H35N5O2. The molecule has 0 radical (unpaired) electrons. The highest BCUT2D eigenvalue weighted by Crippen LogP contribution is 2.28. The van der Waals surface area contributed by atoms with Crippen LogP contribution in [0.5, 0.6) is 11.5 Å². The molecule has 0 aromatic heterocycles. The van der Waals surface area contributed by atoms with E-state index in [4.69, 9.17) is 9.47 Å². The van der Waals surface area contributed by atoms with Crippen molar-refractivity contribution in [3.05, 3.63) is 65.7 Å². The van der Waals surface area contributed by atoms with Crippen LogP contribution in [0.2, 0.25) is 0 Å². The maximum absolute atomic E-state index is 5.44. The Morgan fingerprint density at radius 2 is 1.55 bits per heavy atom. The first kappa shape index (κ1) is 23.0. The van der Waals surface area contributed by atoms with E-state index in [9.17, 15) is 0 Å². The topological polar surface area (TPSA) is 52.6 Å². The minimum absolute atomic E-state index is 0.767. The molecule has 0 saturated carbocycles. The van der Waals surface area contributed by atoms with Crippen LogP contribution in [0.1, 0.15) is 11.1 Å². The van der Waals surface area contributed by atoms with Crippen molar-refractivity contribution in [1.82, 2.24) is 15.1 Å². The number of ether oxygens (including phenoxy) is 2. The van der Waals surface area contributed by atoms with E-state index in [-0.39, 0.29) is 0 Å². The van der Waals surface area contributed by atoms with Gasteiger partial charge in [0.05, 0.1) is 14.2 Å². The van der Waals surface area contributed by atoms with E-state index in [1.165, 1.54) is 16.8 Å². The van der Waals surface area contributed by atoms with E-state index >= 15 is 0 Å². The van der Waals surface area contributed by atoms with Crippen LogP contribution in [0.4, 0.5) is 5.69 Å². The number of guanidine groups is 1. The van der Waals surface area contributed by atoms with Gasteiger partial charge in [-0.15, -0.1) is 0 Å². The molecule has 0 atom stereocenters. The molecule has 7 nitrogen and oxygen atoms in total. The number of nitrogens with zero attached hydrogens (tertiary/aromatic N) is 4. The lowest BCUT2D eigenvalue weighted by Crippen LogP contribution is -2.52. The summed E-state index contributed by atoms with van der Waals surface area (Å²) in [5.41, 5.74) is 3.77. The second-order valence-corrected chi connectivity index (χ2v) is 8.40. The van der Waals surface area contributed by atoms with Gasteiger partial charge in [0.25, 0.3) is 0 Å². The molecular weight excluding hydrogens is 414 g/mol. The number of rotatable bonds is 7. The van der Waals surface area contributed by atoms with Gasteiger partial charge in [-0.25, -0.2) is 0 Å². The summed E-state index contributed by atoms with van der Waals surface area (Å²) in [5, 5.41) is 3.54. The van der Waals surface area contributed by atoms with E-state index in [0.29, 0.717) is 0 Å². The first-order chi connectivity index (χ1) is 16.2. The Bertz CT molecular complexity index is 957. The van der Waals surface area contributed by atoms with Crippen molar-refractivity contribution in [1.29, 1.82) is 0 Å². The lowest BCUT2D eigenvalue weighted by atomic mass is 10.1. The lowest BCUT2D eigenvalue weighted by molar-refractivity contribution is 0.172. The van der Waals surface area contributed by atoms with E-state index in [0.717, 1.165) is 69.8 Å². The molecule has 7 heteroatoms. The number of aliphatic imine (C=N–C) groups is 1. The number of piperazine rings is 1. The van der Waals surface area contributed by atoms with Gasteiger partial charge in [0.2, 0.25) is 0 Å². The highest BCUT2D eigenvalue weighted by Gasteiger charge is 2.20. The smallest absolute Gasteiger partial charge is 0.194 e. The van der Waals surface area contributed by atoms with Gasteiger partial charge in [-0.05, 0) is 35.4 Å². The van der Waals surface area contributed by atoms with Gasteiger partial charge in [-0.1, -0.05) is 30.4 Å². The third kappa shape index (κ3) is 5.79. The van der Waals surface area contributed by atoms with Crippen LogP contribution >= 0.6 is 0 Å². The molecule has 1 fully saturated rings. The van der Waals surface area contributed by atoms with Crippen LogP contribution in [-0.2, 0) is 13.1 Å². The minimum Gasteiger partial charge on any atom is -0.493 e. The third-order valence-electron chi connectivity index (χ3n) is 6.31. The molecule has 33 heavy (non-hydrogen) atoms. The first-order valence-corrected chi connectivity index (χ1v) is 11.6. The molecule has 0 aliphatic carbocycles. The molecule has 2 heterocycles. The van der Waals surface area contributed by atoms with Crippen molar-refractivity contribution in [3.63, 3.8) is 0 Å². The van der Waals surface area contributed by atoms with Gasteiger partial charge < -0.3 is 24.6 Å². The maximum atomic E-state index is 5.44. The second-order valence-electron chi connectivity index (χ2n) is 8.40. The van der Waals surface area contributed by atoms with Gasteiger partial charge in [-0.3, -0.25) is 9.89 Å². The summed E-state index contributed by atoms with van der Waals surface area (Å²) in [7, 11) is 5.21. The van der Waals surface area contributed by atoms with Gasteiger partial charge in [0, 0.05) is 65.1 Å². The molecule has 0 unspecified atom stereocenters. The predicted molar refractivity (Wildman–Crippen MR) is 134 cm³/mol. The van der Waals surface area contributed by atoms with E-state index in [1.54, 1.807) is 14.2 Å². The Labute approximate surface area is 197 Å². The molecule has 1 saturated heterocycles. The number of hydrogen-bond acceptors (Lipinski definition) is 5. The SMILES string of the molecule is CN=C(NCc1ccc(N2CC=CC2)cc1)N1CCN(Cc2ccc(OC)c(OC)c2)CC1. The van der Waals surface area contributed by atoms with Crippen LogP contribution in [0.15, 0.2) is 59.6 Å². The van der Waals surface area contributed by atoms with Gasteiger partial charge in [0.15, 0.2) is 17.5 Å². The average molecular weight is 450 g/mol. The Hall–Kier alpha value is -3.19. The van der Waals surface area contributed by atoms with Crippen molar-refractivity contribution in [2.24, 2.45) is 4.99 Å². The molecule has 1 N–H and O–H groups in total. The standard InChI is InChI=1S/C26H35N5O2/c1-27-26(28-19-21-6-9-23(10-7-21)30-12-4-5-13-30)31-16-14-29(15-17-31)20-22-8-11-24(32-2)25(18-22)33-3/h4-11,18H,12-17,19-20H2,1-3H3,(H,27,28). The molecule has 2 aliphatic rings. The van der Waals surface area contributed by atoms with Gasteiger partial charge >= 0.3 is 0 Å². The Kier molecular flexibility index (Phi) is 7.73. The summed E-state index contributed by atoms with van der Waals surface area (Å²) in [6.07, 6.45) is 4.43. The number of methoxy groups -OCH3 is 2. The third-order valence-corrected chi connectivity index (χ3v) is 6.31. The maximum Gasteiger partial charge on any atom is 0.194 e. The van der Waals surface area contributed by atoms with E-state index in [2.05, 4.69) is 73.6 Å². The summed E-state index contributed by atoms with van der Waals surface area (Å²) in [6, 6.07) is 15.0. The first-order valence-electron chi connectivity index (χ1n) is 11.6. The molecule has 0 amide bonds. The molecule has 2 aromatic carbocycles. The highest BCUT2D eigenvalue weighted by molar-refractivity contribution is 5.80. The summed E-state index contributed by atoms with van der Waals surface area (Å²) in [5.74, 6) is 2.51. The van der Waals surface area contributed by atoms with Gasteiger partial charge in [0.1, 0.15) is 0 Å². The van der Waals surface area contributed by atoms with Crippen molar-refractivity contribution in [3.8, 4) is 11.5 Å². The van der Waals surface area contributed by atoms with Crippen LogP contribution in [0.25, 0.3) is 0 Å². The molecule has 176 valence electrons. The molecule has 0 spiro atoms. The van der Waals surface area contributed by atoms with E-state index < -0.39 is 0 Å². The normalized spacial score (nSPS) is 16.9. The highest BCUT2D eigenvalue weighted by atomic mass is 16.5.